The predicted molar refractivity (Wildman–Crippen MR) is 412 cm³/mol. The predicted octanol–water partition coefficient (Wildman–Crippen LogP) is 9.51. The molecule has 6 aliphatic heterocycles. The highest BCUT2D eigenvalue weighted by molar-refractivity contribution is 6.40. The number of carbonyl (C=O) groups is 11. The Bertz CT molecular complexity index is 4470. The third-order valence-corrected chi connectivity index (χ3v) is 19.4. The van der Waals surface area contributed by atoms with Gasteiger partial charge in [-0.25, -0.2) is 24.7 Å². The van der Waals surface area contributed by atoms with Crippen molar-refractivity contribution in [1.82, 2.24) is 45.0 Å². The average molecular weight is 1510 g/mol. The number of aryl methyl sites for hydroxylation is 6. The number of carbonyl (C=O) groups excluding carboxylic acids is 10. The van der Waals surface area contributed by atoms with Crippen LogP contribution in [0.15, 0.2) is 73.6 Å². The van der Waals surface area contributed by atoms with E-state index in [2.05, 4.69) is 94.0 Å². The van der Waals surface area contributed by atoms with E-state index in [-0.39, 0.29) is 66.1 Å². The number of fused-ring (bicyclic) bond motifs is 3. The van der Waals surface area contributed by atoms with Gasteiger partial charge in [0.1, 0.15) is 34.5 Å². The molecule has 110 heavy (non-hydrogen) atoms. The topological polar surface area (TPSA) is 421 Å². The summed E-state index contributed by atoms with van der Waals surface area (Å²) < 4.78 is 10.6. The molecular weight excluding hydrogens is 1410 g/mol. The van der Waals surface area contributed by atoms with E-state index in [0.29, 0.717) is 116 Å². The van der Waals surface area contributed by atoms with Crippen molar-refractivity contribution in [2.24, 2.45) is 17.8 Å². The number of carboxylic acid groups (broad SMARTS) is 1. The van der Waals surface area contributed by atoms with Gasteiger partial charge in [-0.3, -0.25) is 57.9 Å². The lowest BCUT2D eigenvalue weighted by molar-refractivity contribution is -0.155. The number of carboxylic acids is 1. The lowest BCUT2D eigenvalue weighted by atomic mass is 9.89. The fraction of sp³-hybridized carbons (Fsp3) is 0.487. The molecule has 0 unspecified atom stereocenters. The van der Waals surface area contributed by atoms with Gasteiger partial charge >= 0.3 is 47.4 Å². The molecule has 12 rings (SSSR count). The zero-order valence-corrected chi connectivity index (χ0v) is 64.7. The van der Waals surface area contributed by atoms with Crippen molar-refractivity contribution in [3.8, 4) is 0 Å². The van der Waals surface area contributed by atoms with Crippen molar-refractivity contribution in [1.29, 1.82) is 0 Å². The van der Waals surface area contributed by atoms with E-state index in [1.165, 1.54) is 42.6 Å². The Morgan fingerprint density at radius 2 is 0.900 bits per heavy atom. The summed E-state index contributed by atoms with van der Waals surface area (Å²) >= 11 is 0. The molecule has 10 N–H and O–H groups in total. The second kappa shape index (κ2) is 36.8. The molecule has 8 amide bonds. The molecule has 6 aromatic rings. The lowest BCUT2D eigenvalue weighted by Gasteiger charge is -2.38. The molecular formula is C80H102N16O14. The van der Waals surface area contributed by atoms with Crippen LogP contribution >= 0.6 is 0 Å². The van der Waals surface area contributed by atoms with Crippen molar-refractivity contribution in [3.63, 3.8) is 0 Å². The molecule has 30 nitrogen and oxygen atoms in total. The molecule has 12 heterocycles. The number of nitrogen functional groups attached to an aromatic ring is 1. The summed E-state index contributed by atoms with van der Waals surface area (Å²) in [6.07, 6.45) is 20.0. The van der Waals surface area contributed by atoms with E-state index in [1.54, 1.807) is 68.1 Å². The number of likely N-dealkylation sites (tertiary alicyclic amines) is 2. The maximum absolute atomic E-state index is 13.4. The summed E-state index contributed by atoms with van der Waals surface area (Å²) in [4.78, 5) is 162. The van der Waals surface area contributed by atoms with E-state index < -0.39 is 52.7 Å². The monoisotopic (exact) mass is 1510 g/mol. The van der Waals surface area contributed by atoms with Gasteiger partial charge in [-0.1, -0.05) is 34.6 Å². The molecule has 6 aliphatic rings. The third kappa shape index (κ3) is 23.2. The number of aromatic nitrogens is 6. The Morgan fingerprint density at radius 1 is 0.500 bits per heavy atom. The zero-order chi connectivity index (χ0) is 79.9. The molecule has 0 aliphatic carbocycles. The summed E-state index contributed by atoms with van der Waals surface area (Å²) in [5.74, 6) is -2.54. The van der Waals surface area contributed by atoms with Crippen LogP contribution in [0.5, 0.6) is 0 Å². The summed E-state index contributed by atoms with van der Waals surface area (Å²) in [5.41, 5.74) is 15.2. The number of ether oxygens (including phenoxy) is 2. The average Bonchev–Trinajstić information content (AvgIpc) is 0.791. The number of nitrogens with two attached hydrogens (primary N) is 1. The summed E-state index contributed by atoms with van der Waals surface area (Å²) in [7, 11) is 0. The van der Waals surface area contributed by atoms with E-state index in [9.17, 15) is 52.7 Å². The Kier molecular flexibility index (Phi) is 27.7. The molecule has 3 fully saturated rings. The highest BCUT2D eigenvalue weighted by atomic mass is 16.6. The maximum Gasteiger partial charge on any atom is 0.394 e. The Hall–Kier alpha value is -11.2. The number of hydrogen-bond acceptors (Lipinski definition) is 21. The Labute approximate surface area is 640 Å². The van der Waals surface area contributed by atoms with Crippen LogP contribution in [0, 0.1) is 24.7 Å². The first-order chi connectivity index (χ1) is 52.1. The van der Waals surface area contributed by atoms with Gasteiger partial charge in [-0.15, -0.1) is 0 Å². The summed E-state index contributed by atoms with van der Waals surface area (Å²) in [5, 5.41) is 28.0. The molecule has 6 aromatic heterocycles. The van der Waals surface area contributed by atoms with Crippen LogP contribution in [0.2, 0.25) is 0 Å². The van der Waals surface area contributed by atoms with Crippen LogP contribution in [-0.4, -0.2) is 141 Å². The standard InChI is InChI=1S/C29H37N5O5.C23H28N6O3.C14H19N3O.C14H18N2O5/c1-6-18-12-21(15-30-22(18)13-25(36)39-29(3,4)5)32-27(37)28(38)34-16-17(2)7-9-23(34)20-11-19-8-10-24(35)33-26(19)31-14-20;1-3-14-9-17(11-25-20(14)24)27-22(31)23(32)29-12-13(2)4-6-18(29)16-8-15-5-7-19(30)28-21(15)26-10-16;1-9-2-4-12(15-7-9)11-6-10-3-5-13(18)17-14(10)16-8-11;1-8-5-9(16-12(18)13(19)20)7-15-10(8)6-11(17)21-14(2,3)4/h11-12,14-15,17,23H,6-10,13,16H2,1-5H3,(H,32,37)(H,31,33,35);8-11,13,18H,3-7,12H2,1-2H3,(H2,24,25)(H,27,31)(H,26,28,30);6,8-9,12,15H,2-5,7H2,1H3,(H,16,17,18);5,7H,6H2,1-4H3,(H,16,18)(H,19,20)/t17-,23+;13-,18+;9-,12+;/m111./s1. The van der Waals surface area contributed by atoms with E-state index in [0.717, 1.165) is 77.3 Å². The van der Waals surface area contributed by atoms with Gasteiger partial charge in [0.15, 0.2) is 0 Å². The summed E-state index contributed by atoms with van der Waals surface area (Å²) in [6.45, 7) is 24.8. The molecule has 3 saturated heterocycles. The molecule has 0 saturated carbocycles. The van der Waals surface area contributed by atoms with Gasteiger partial charge in [0.05, 0.1) is 72.0 Å². The second-order valence-electron chi connectivity index (χ2n) is 30.9. The second-order valence-corrected chi connectivity index (χ2v) is 30.9. The van der Waals surface area contributed by atoms with E-state index >= 15 is 0 Å². The quantitative estimate of drug-likeness (QED) is 0.0406. The normalized spacial score (nSPS) is 19.3. The lowest BCUT2D eigenvalue weighted by Crippen LogP contribution is -2.46. The van der Waals surface area contributed by atoms with Crippen LogP contribution in [0.1, 0.15) is 214 Å². The smallest absolute Gasteiger partial charge is 0.394 e. The number of nitrogens with zero attached hydrogens (tertiary/aromatic N) is 8. The number of nitrogens with one attached hydrogen (secondary N) is 7. The first-order valence-electron chi connectivity index (χ1n) is 37.6. The van der Waals surface area contributed by atoms with Gasteiger partial charge in [-0.2, -0.15) is 0 Å². The van der Waals surface area contributed by atoms with Gasteiger partial charge in [-0.05, 0) is 230 Å². The number of amides is 8. The van der Waals surface area contributed by atoms with Crippen molar-refractivity contribution < 1.29 is 67.3 Å². The zero-order valence-electron chi connectivity index (χ0n) is 64.7. The third-order valence-electron chi connectivity index (χ3n) is 19.4. The number of anilines is 7. The molecule has 6 atom stereocenters. The highest BCUT2D eigenvalue weighted by Crippen LogP contribution is 2.38. The van der Waals surface area contributed by atoms with Gasteiger partial charge in [0.25, 0.3) is 0 Å². The number of hydrogen-bond donors (Lipinski definition) is 9. The van der Waals surface area contributed by atoms with Crippen LogP contribution in [0.4, 0.5) is 40.3 Å². The van der Waals surface area contributed by atoms with Crippen molar-refractivity contribution in [3.05, 3.63) is 135 Å². The largest absolute Gasteiger partial charge is 0.474 e. The van der Waals surface area contributed by atoms with Gasteiger partial charge in [0, 0.05) is 57.0 Å². The highest BCUT2D eigenvalue weighted by Gasteiger charge is 2.38. The van der Waals surface area contributed by atoms with Gasteiger partial charge in [0.2, 0.25) is 17.7 Å². The van der Waals surface area contributed by atoms with Crippen molar-refractivity contribution in [2.75, 3.05) is 57.3 Å². The van der Waals surface area contributed by atoms with Crippen LogP contribution in [0.25, 0.3) is 0 Å². The van der Waals surface area contributed by atoms with E-state index in [1.807, 2.05) is 52.9 Å². The van der Waals surface area contributed by atoms with Crippen LogP contribution < -0.4 is 43.0 Å². The fourth-order valence-electron chi connectivity index (χ4n) is 13.8. The van der Waals surface area contributed by atoms with Gasteiger partial charge < -0.3 is 67.3 Å². The SMILES string of the molecule is CCc1cc(NC(=O)C(=O)N2C[C@H](C)CC[C@H]2c2cnc3c(c2)CCC(=O)N3)cnc1CC(=O)OC(C)(C)C.CCc1cc(NC(=O)C(=O)N2C[C@H](C)CC[C@H]2c2cnc3c(c2)CCC(=O)N3)cnc1N.C[C@@H]1CC[C@@H](c2cnc3c(c2)CCC(=O)N3)NC1.Cc1cc(NC(=O)C(=O)O)cnc1CC(=O)OC(C)(C)C. The minimum Gasteiger partial charge on any atom is -0.474 e. The van der Waals surface area contributed by atoms with Crippen LogP contribution in [-0.2, 0) is 107 Å². The fourth-order valence-corrected chi connectivity index (χ4v) is 13.8. The molecule has 0 spiro atoms. The molecule has 586 valence electrons. The van der Waals surface area contributed by atoms with Crippen LogP contribution in [0.3, 0.4) is 0 Å². The van der Waals surface area contributed by atoms with Crippen molar-refractivity contribution in [2.45, 2.75) is 215 Å². The summed E-state index contributed by atoms with van der Waals surface area (Å²) in [6, 6.07) is 11.1. The Balaban J connectivity index is 0.000000176. The number of piperidine rings is 3. The molecule has 0 radical (unpaired) electrons. The number of rotatable bonds is 12. The molecule has 30 heteroatoms. The van der Waals surface area contributed by atoms with Crippen molar-refractivity contribution >= 4 is 105 Å². The molecule has 0 bridgehead atoms. The minimum atomic E-state index is -1.58. The number of esters is 2. The first kappa shape index (κ1) is 82.9. The van der Waals surface area contributed by atoms with E-state index in [4.69, 9.17) is 20.3 Å². The minimum absolute atomic E-state index is 0.0102. The number of pyridine rings is 6. The maximum atomic E-state index is 13.4. The first-order valence-corrected chi connectivity index (χ1v) is 37.6. The number of aliphatic carboxylic acids is 1. The Morgan fingerprint density at radius 3 is 1.33 bits per heavy atom. The molecule has 0 aromatic carbocycles.